The smallest absolute Gasteiger partial charge is 0.254 e. The molecule has 0 spiro atoms. The first-order chi connectivity index (χ1) is 13.3. The summed E-state index contributed by atoms with van der Waals surface area (Å²) in [5, 5.41) is 14.2. The van der Waals surface area contributed by atoms with Gasteiger partial charge in [-0.25, -0.2) is 21.9 Å². The van der Waals surface area contributed by atoms with E-state index in [0.29, 0.717) is 0 Å². The van der Waals surface area contributed by atoms with Crippen LogP contribution in [0.2, 0.25) is 0 Å². The van der Waals surface area contributed by atoms with E-state index in [1.54, 1.807) is 13.0 Å². The molecule has 0 heterocycles. The van der Waals surface area contributed by atoms with E-state index in [4.69, 9.17) is 5.26 Å². The molecule has 0 fully saturated rings. The molecule has 0 bridgehead atoms. The number of nitriles is 1. The fourth-order valence-corrected chi connectivity index (χ4v) is 3.44. The van der Waals surface area contributed by atoms with E-state index in [2.05, 4.69) is 15.4 Å². The fraction of sp³-hybridized carbons (Fsp3) is 0.222. The monoisotopic (exact) mass is 408 g/mol. The third kappa shape index (κ3) is 5.03. The van der Waals surface area contributed by atoms with Gasteiger partial charge in [-0.05, 0) is 30.3 Å². The van der Waals surface area contributed by atoms with Crippen molar-refractivity contribution in [2.45, 2.75) is 11.8 Å². The topological polar surface area (TPSA) is 111 Å². The number of hydrogen-bond acceptors (Lipinski definition) is 5. The third-order valence-electron chi connectivity index (χ3n) is 3.68. The van der Waals surface area contributed by atoms with Crippen LogP contribution in [0.5, 0.6) is 0 Å². The molecule has 2 rings (SSSR count). The number of nitrogens with zero attached hydrogens (tertiary/aromatic N) is 1. The van der Waals surface area contributed by atoms with Crippen LogP contribution in [0.15, 0.2) is 41.3 Å². The summed E-state index contributed by atoms with van der Waals surface area (Å²) in [5.74, 6) is -2.33. The zero-order valence-corrected chi connectivity index (χ0v) is 15.7. The van der Waals surface area contributed by atoms with Crippen LogP contribution in [-0.4, -0.2) is 34.0 Å². The summed E-state index contributed by atoms with van der Waals surface area (Å²) in [5.41, 5.74) is -0.301. The molecule has 1 amide bonds. The minimum absolute atomic E-state index is 0.0316. The largest absolute Gasteiger partial charge is 0.382 e. The Morgan fingerprint density at radius 1 is 1.14 bits per heavy atom. The van der Waals surface area contributed by atoms with Gasteiger partial charge in [0.15, 0.2) is 0 Å². The Bertz CT molecular complexity index is 1020. The van der Waals surface area contributed by atoms with Crippen molar-refractivity contribution in [3.8, 4) is 6.07 Å². The molecule has 0 saturated heterocycles. The Hall–Kier alpha value is -3.03. The SMILES string of the molecule is CCNS(=O)(=O)c1ccc(F)c(C(=O)NCCNc2cccc(F)c2C#N)c1. The fourth-order valence-electron chi connectivity index (χ4n) is 2.37. The predicted octanol–water partition coefficient (Wildman–Crippen LogP) is 1.98. The van der Waals surface area contributed by atoms with E-state index < -0.39 is 33.1 Å². The van der Waals surface area contributed by atoms with Crippen molar-refractivity contribution in [1.29, 1.82) is 5.26 Å². The molecular formula is C18H18F2N4O3S. The van der Waals surface area contributed by atoms with Gasteiger partial charge < -0.3 is 10.6 Å². The molecule has 0 aliphatic heterocycles. The van der Waals surface area contributed by atoms with Crippen molar-refractivity contribution in [2.75, 3.05) is 25.0 Å². The second kappa shape index (κ2) is 9.25. The molecule has 148 valence electrons. The van der Waals surface area contributed by atoms with Gasteiger partial charge >= 0.3 is 0 Å². The van der Waals surface area contributed by atoms with E-state index in [0.717, 1.165) is 24.3 Å². The van der Waals surface area contributed by atoms with Crippen LogP contribution in [0.3, 0.4) is 0 Å². The van der Waals surface area contributed by atoms with Crippen LogP contribution in [-0.2, 0) is 10.0 Å². The average Bonchev–Trinajstić information content (AvgIpc) is 2.65. The zero-order valence-electron chi connectivity index (χ0n) is 14.9. The first-order valence-corrected chi connectivity index (χ1v) is 9.78. The third-order valence-corrected chi connectivity index (χ3v) is 5.22. The standard InChI is InChI=1S/C18H18F2N4O3S/c1-2-24-28(26,27)12-6-7-16(20)13(10-12)18(25)23-9-8-22-17-5-3-4-15(19)14(17)11-21/h3-7,10,22,24H,2,8-9H2,1H3,(H,23,25). The van der Waals surface area contributed by atoms with Gasteiger partial charge in [0, 0.05) is 19.6 Å². The van der Waals surface area contributed by atoms with E-state index in [1.807, 2.05) is 0 Å². The lowest BCUT2D eigenvalue weighted by atomic mass is 10.2. The molecule has 0 aliphatic rings. The van der Waals surface area contributed by atoms with Crippen LogP contribution < -0.4 is 15.4 Å². The molecule has 0 radical (unpaired) electrons. The number of hydrogen-bond donors (Lipinski definition) is 3. The van der Waals surface area contributed by atoms with Gasteiger partial charge in [-0.2, -0.15) is 5.26 Å². The summed E-state index contributed by atoms with van der Waals surface area (Å²) in [6, 6.07) is 8.77. The summed E-state index contributed by atoms with van der Waals surface area (Å²) >= 11 is 0. The minimum Gasteiger partial charge on any atom is -0.382 e. The first kappa shape index (κ1) is 21.3. The Labute approximate surface area is 161 Å². The summed E-state index contributed by atoms with van der Waals surface area (Å²) in [6.45, 7) is 1.92. The number of rotatable bonds is 8. The molecular weight excluding hydrogens is 390 g/mol. The Morgan fingerprint density at radius 3 is 2.57 bits per heavy atom. The number of sulfonamides is 1. The van der Waals surface area contributed by atoms with Crippen molar-refractivity contribution in [3.63, 3.8) is 0 Å². The van der Waals surface area contributed by atoms with E-state index >= 15 is 0 Å². The van der Waals surface area contributed by atoms with Gasteiger partial charge in [-0.3, -0.25) is 4.79 Å². The molecule has 0 unspecified atom stereocenters. The predicted molar refractivity (Wildman–Crippen MR) is 99.2 cm³/mol. The summed E-state index contributed by atoms with van der Waals surface area (Å²) in [7, 11) is -3.83. The number of halogens is 2. The van der Waals surface area contributed by atoms with Gasteiger partial charge in [-0.15, -0.1) is 0 Å². The number of carbonyl (C=O) groups excluding carboxylic acids is 1. The minimum atomic E-state index is -3.83. The van der Waals surface area contributed by atoms with Crippen molar-refractivity contribution >= 4 is 21.6 Å². The molecule has 2 aromatic rings. The molecule has 28 heavy (non-hydrogen) atoms. The highest BCUT2D eigenvalue weighted by Gasteiger charge is 2.18. The number of carbonyl (C=O) groups is 1. The first-order valence-electron chi connectivity index (χ1n) is 8.30. The Balaban J connectivity index is 2.02. The highest BCUT2D eigenvalue weighted by Crippen LogP contribution is 2.17. The average molecular weight is 408 g/mol. The molecule has 7 nitrogen and oxygen atoms in total. The molecule has 0 aromatic heterocycles. The maximum atomic E-state index is 13.9. The highest BCUT2D eigenvalue weighted by molar-refractivity contribution is 7.89. The Kier molecular flexibility index (Phi) is 7.03. The summed E-state index contributed by atoms with van der Waals surface area (Å²) < 4.78 is 53.7. The Morgan fingerprint density at radius 2 is 1.89 bits per heavy atom. The maximum Gasteiger partial charge on any atom is 0.254 e. The van der Waals surface area contributed by atoms with Gasteiger partial charge in [0.05, 0.1) is 16.1 Å². The lowest BCUT2D eigenvalue weighted by Crippen LogP contribution is -2.30. The zero-order chi connectivity index (χ0) is 20.7. The number of nitrogens with one attached hydrogen (secondary N) is 3. The van der Waals surface area contributed by atoms with Crippen LogP contribution in [0.4, 0.5) is 14.5 Å². The highest BCUT2D eigenvalue weighted by atomic mass is 32.2. The van der Waals surface area contributed by atoms with Crippen LogP contribution in [0, 0.1) is 23.0 Å². The molecule has 0 aliphatic carbocycles. The normalized spacial score (nSPS) is 10.9. The van der Waals surface area contributed by atoms with Gasteiger partial charge in [-0.1, -0.05) is 13.0 Å². The van der Waals surface area contributed by atoms with Crippen molar-refractivity contribution in [2.24, 2.45) is 0 Å². The van der Waals surface area contributed by atoms with Crippen molar-refractivity contribution in [3.05, 3.63) is 59.2 Å². The number of anilines is 1. The van der Waals surface area contributed by atoms with Gasteiger partial charge in [0.2, 0.25) is 10.0 Å². The molecule has 0 saturated carbocycles. The van der Waals surface area contributed by atoms with Crippen LogP contribution in [0.25, 0.3) is 0 Å². The number of amides is 1. The molecule has 10 heteroatoms. The second-order valence-corrected chi connectivity index (χ2v) is 7.37. The molecule has 2 aromatic carbocycles. The lowest BCUT2D eigenvalue weighted by molar-refractivity contribution is 0.0951. The number of benzene rings is 2. The molecule has 0 atom stereocenters. The van der Waals surface area contributed by atoms with E-state index in [9.17, 15) is 22.0 Å². The molecule has 3 N–H and O–H groups in total. The van der Waals surface area contributed by atoms with E-state index in [1.165, 1.54) is 12.1 Å². The van der Waals surface area contributed by atoms with Crippen molar-refractivity contribution in [1.82, 2.24) is 10.0 Å². The van der Waals surface area contributed by atoms with Crippen LogP contribution >= 0.6 is 0 Å². The van der Waals surface area contributed by atoms with Gasteiger partial charge in [0.25, 0.3) is 5.91 Å². The van der Waals surface area contributed by atoms with E-state index in [-0.39, 0.29) is 35.8 Å². The maximum absolute atomic E-state index is 13.9. The summed E-state index contributed by atoms with van der Waals surface area (Å²) in [6.07, 6.45) is 0. The summed E-state index contributed by atoms with van der Waals surface area (Å²) in [4.78, 5) is 12.0. The van der Waals surface area contributed by atoms with Crippen LogP contribution in [0.1, 0.15) is 22.8 Å². The quantitative estimate of drug-likeness (QED) is 0.579. The second-order valence-electron chi connectivity index (χ2n) is 5.60. The van der Waals surface area contributed by atoms with Crippen molar-refractivity contribution < 1.29 is 22.0 Å². The van der Waals surface area contributed by atoms with Gasteiger partial charge in [0.1, 0.15) is 23.3 Å². The lowest BCUT2D eigenvalue weighted by Gasteiger charge is -2.11.